The zero-order valence-corrected chi connectivity index (χ0v) is 17.7. The molecule has 0 saturated heterocycles. The summed E-state index contributed by atoms with van der Waals surface area (Å²) in [5.41, 5.74) is 3.35. The number of amides is 2. The number of hydrogen-bond donors (Lipinski definition) is 2. The number of benzene rings is 2. The Balaban J connectivity index is 1.39. The Bertz CT molecular complexity index is 932. The third kappa shape index (κ3) is 4.84. The van der Waals surface area contributed by atoms with E-state index in [2.05, 4.69) is 17.6 Å². The quantitative estimate of drug-likeness (QED) is 0.786. The minimum Gasteiger partial charge on any atom is -0.492 e. The zero-order valence-electron chi connectivity index (χ0n) is 17.7. The van der Waals surface area contributed by atoms with Gasteiger partial charge in [-0.05, 0) is 80.8 Å². The molecule has 1 aliphatic carbocycles. The van der Waals surface area contributed by atoms with Crippen LogP contribution < -0.4 is 15.4 Å². The normalized spacial score (nSPS) is 23.1. The fourth-order valence-electron chi connectivity index (χ4n) is 4.35. The highest BCUT2D eigenvalue weighted by Crippen LogP contribution is 2.31. The fourth-order valence-corrected chi connectivity index (χ4v) is 4.35. The van der Waals surface area contributed by atoms with Crippen LogP contribution in [0.2, 0.25) is 0 Å². The van der Waals surface area contributed by atoms with Gasteiger partial charge in [0.15, 0.2) is 0 Å². The van der Waals surface area contributed by atoms with Crippen LogP contribution >= 0.6 is 0 Å². The summed E-state index contributed by atoms with van der Waals surface area (Å²) in [6, 6.07) is 13.4. The van der Waals surface area contributed by atoms with Gasteiger partial charge in [-0.25, -0.2) is 0 Å². The lowest BCUT2D eigenvalue weighted by atomic mass is 9.87. The molecule has 5 heteroatoms. The number of aryl methyl sites for hydroxylation is 1. The lowest BCUT2D eigenvalue weighted by molar-refractivity contribution is -0.127. The number of carbonyl (C=O) groups excluding carboxylic acids is 2. The second-order valence-corrected chi connectivity index (χ2v) is 8.82. The van der Waals surface area contributed by atoms with Crippen LogP contribution in [0.3, 0.4) is 0 Å². The van der Waals surface area contributed by atoms with Gasteiger partial charge in [-0.1, -0.05) is 24.6 Å². The number of anilines is 1. The van der Waals surface area contributed by atoms with E-state index in [-0.39, 0.29) is 23.8 Å². The van der Waals surface area contributed by atoms with E-state index in [0.717, 1.165) is 35.6 Å². The zero-order chi connectivity index (χ0) is 21.1. The fraction of sp³-hybridized carbons (Fsp3) is 0.440. The molecule has 2 amide bonds. The van der Waals surface area contributed by atoms with Gasteiger partial charge in [0.2, 0.25) is 5.91 Å². The molecule has 0 spiro atoms. The minimum atomic E-state index is -0.195. The van der Waals surface area contributed by atoms with Crippen molar-refractivity contribution >= 4 is 17.5 Å². The maximum Gasteiger partial charge on any atom is 0.255 e. The Morgan fingerprint density at radius 2 is 1.83 bits per heavy atom. The van der Waals surface area contributed by atoms with Crippen molar-refractivity contribution in [1.82, 2.24) is 5.32 Å². The first-order valence-electron chi connectivity index (χ1n) is 10.9. The van der Waals surface area contributed by atoms with Crippen LogP contribution in [0.25, 0.3) is 0 Å². The van der Waals surface area contributed by atoms with Crippen molar-refractivity contribution in [3.63, 3.8) is 0 Å². The van der Waals surface area contributed by atoms with E-state index < -0.39 is 0 Å². The second kappa shape index (κ2) is 8.90. The van der Waals surface area contributed by atoms with Gasteiger partial charge in [0.05, 0.1) is 5.92 Å². The van der Waals surface area contributed by atoms with Crippen LogP contribution in [0.5, 0.6) is 5.75 Å². The molecule has 5 nitrogen and oxygen atoms in total. The van der Waals surface area contributed by atoms with E-state index in [4.69, 9.17) is 4.74 Å². The number of ether oxygens (including phenoxy) is 1. The number of carbonyl (C=O) groups is 2. The molecule has 1 saturated carbocycles. The summed E-state index contributed by atoms with van der Waals surface area (Å²) in [6.07, 6.45) is 5.11. The molecule has 2 N–H and O–H groups in total. The van der Waals surface area contributed by atoms with Crippen molar-refractivity contribution in [3.8, 4) is 5.75 Å². The maximum absolute atomic E-state index is 12.8. The van der Waals surface area contributed by atoms with Crippen LogP contribution in [0.4, 0.5) is 5.69 Å². The van der Waals surface area contributed by atoms with Crippen molar-refractivity contribution in [2.45, 2.75) is 52.0 Å². The summed E-state index contributed by atoms with van der Waals surface area (Å²) in [7, 11) is 0. The van der Waals surface area contributed by atoms with E-state index >= 15 is 0 Å². The van der Waals surface area contributed by atoms with Gasteiger partial charge >= 0.3 is 0 Å². The third-order valence-corrected chi connectivity index (χ3v) is 6.24. The van der Waals surface area contributed by atoms with E-state index in [1.54, 1.807) is 6.07 Å². The third-order valence-electron chi connectivity index (χ3n) is 6.24. The highest BCUT2D eigenvalue weighted by atomic mass is 16.5. The Morgan fingerprint density at radius 1 is 1.03 bits per heavy atom. The highest BCUT2D eigenvalue weighted by Gasteiger charge is 2.29. The molecule has 158 valence electrons. The molecule has 0 radical (unpaired) electrons. The van der Waals surface area contributed by atoms with Gasteiger partial charge in [-0.15, -0.1) is 0 Å². The lowest BCUT2D eigenvalue weighted by Gasteiger charge is -2.30. The minimum absolute atomic E-state index is 0.0782. The van der Waals surface area contributed by atoms with Crippen LogP contribution in [-0.2, 0) is 11.2 Å². The van der Waals surface area contributed by atoms with Crippen LogP contribution in [0, 0.1) is 18.8 Å². The standard InChI is InChI=1S/C25H30N2O3/c1-16-6-8-21(9-7-16)26-25(29)20-13-19-14-22(10-11-23(19)30-15-20)27-24(28)18-5-3-4-17(2)12-18/h3-5,10-12,14,16,20-21H,6-9,13,15H2,1-2H3,(H,26,29)(H,27,28)/t16?,20-,21?/m1/s1. The van der Waals surface area contributed by atoms with Gasteiger partial charge in [0.25, 0.3) is 5.91 Å². The molecule has 1 fully saturated rings. The summed E-state index contributed by atoms with van der Waals surface area (Å²) in [5, 5.41) is 6.18. The predicted octanol–water partition coefficient (Wildman–Crippen LogP) is 4.49. The van der Waals surface area contributed by atoms with Crippen molar-refractivity contribution in [2.24, 2.45) is 11.8 Å². The van der Waals surface area contributed by atoms with E-state index in [0.29, 0.717) is 24.3 Å². The summed E-state index contributed by atoms with van der Waals surface area (Å²) >= 11 is 0. The van der Waals surface area contributed by atoms with Gasteiger partial charge in [0.1, 0.15) is 12.4 Å². The SMILES string of the molecule is Cc1cccc(C(=O)Nc2ccc3c(c2)C[C@@H](C(=O)NC2CCC(C)CC2)CO3)c1. The molecule has 1 aliphatic heterocycles. The average Bonchev–Trinajstić information content (AvgIpc) is 2.75. The Kier molecular flexibility index (Phi) is 6.07. The van der Waals surface area contributed by atoms with Crippen LogP contribution in [0.15, 0.2) is 42.5 Å². The molecule has 2 aromatic rings. The second-order valence-electron chi connectivity index (χ2n) is 8.82. The number of nitrogens with one attached hydrogen (secondary N) is 2. The van der Waals surface area contributed by atoms with Crippen LogP contribution in [-0.4, -0.2) is 24.5 Å². The molecular weight excluding hydrogens is 376 g/mol. The average molecular weight is 407 g/mol. The van der Waals surface area contributed by atoms with Gasteiger partial charge < -0.3 is 15.4 Å². The number of fused-ring (bicyclic) bond motifs is 1. The molecule has 4 rings (SSSR count). The van der Waals surface area contributed by atoms with Crippen molar-refractivity contribution in [3.05, 3.63) is 59.2 Å². The van der Waals surface area contributed by atoms with E-state index in [9.17, 15) is 9.59 Å². The van der Waals surface area contributed by atoms with Crippen molar-refractivity contribution < 1.29 is 14.3 Å². The van der Waals surface area contributed by atoms with E-state index in [1.807, 2.05) is 43.3 Å². The molecule has 2 aromatic carbocycles. The first-order chi connectivity index (χ1) is 14.5. The molecule has 0 unspecified atom stereocenters. The summed E-state index contributed by atoms with van der Waals surface area (Å²) in [5.74, 6) is 1.29. The molecular formula is C25H30N2O3. The van der Waals surface area contributed by atoms with E-state index in [1.165, 1.54) is 12.8 Å². The molecule has 0 bridgehead atoms. The van der Waals surface area contributed by atoms with Gasteiger partial charge in [-0.2, -0.15) is 0 Å². The molecule has 2 aliphatic rings. The Hall–Kier alpha value is -2.82. The van der Waals surface area contributed by atoms with Gasteiger partial charge in [-0.3, -0.25) is 9.59 Å². The Morgan fingerprint density at radius 3 is 2.60 bits per heavy atom. The topological polar surface area (TPSA) is 67.4 Å². The predicted molar refractivity (Wildman–Crippen MR) is 118 cm³/mol. The van der Waals surface area contributed by atoms with Gasteiger partial charge in [0, 0.05) is 17.3 Å². The van der Waals surface area contributed by atoms with Crippen molar-refractivity contribution in [1.29, 1.82) is 0 Å². The summed E-state index contributed by atoms with van der Waals surface area (Å²) in [6.45, 7) is 4.64. The molecule has 30 heavy (non-hydrogen) atoms. The molecule has 1 atom stereocenters. The number of rotatable bonds is 4. The Labute approximate surface area is 178 Å². The maximum atomic E-state index is 12.8. The van der Waals surface area contributed by atoms with Crippen molar-refractivity contribution in [2.75, 3.05) is 11.9 Å². The molecule has 1 heterocycles. The monoisotopic (exact) mass is 406 g/mol. The lowest BCUT2D eigenvalue weighted by Crippen LogP contribution is -2.43. The smallest absolute Gasteiger partial charge is 0.255 e. The highest BCUT2D eigenvalue weighted by molar-refractivity contribution is 6.04. The number of hydrogen-bond acceptors (Lipinski definition) is 3. The largest absolute Gasteiger partial charge is 0.492 e. The first-order valence-corrected chi connectivity index (χ1v) is 10.9. The first kappa shape index (κ1) is 20.5. The van der Waals surface area contributed by atoms with Crippen LogP contribution in [0.1, 0.15) is 54.1 Å². The summed E-state index contributed by atoms with van der Waals surface area (Å²) in [4.78, 5) is 25.3. The molecule has 0 aromatic heterocycles. The summed E-state index contributed by atoms with van der Waals surface area (Å²) < 4.78 is 5.85.